The maximum Gasteiger partial charge on any atom is 0.335 e. The van der Waals surface area contributed by atoms with Crippen LogP contribution in [-0.4, -0.2) is 16.9 Å². The van der Waals surface area contributed by atoms with Gasteiger partial charge in [-0.25, -0.2) is 4.79 Å². The molecule has 1 rings (SSSR count). The first-order chi connectivity index (χ1) is 6.95. The molecule has 80 valence electrons. The molecule has 0 aliphatic heterocycles. The van der Waals surface area contributed by atoms with Gasteiger partial charge >= 0.3 is 5.97 Å². The Bertz CT molecular complexity index is 373. The Balaban J connectivity index is 3.48. The summed E-state index contributed by atoms with van der Waals surface area (Å²) in [5.41, 5.74) is 1.35. The first-order valence-corrected chi connectivity index (χ1v) is 4.82. The molecule has 0 amide bonds. The van der Waals surface area contributed by atoms with Crippen molar-refractivity contribution >= 4 is 11.8 Å². The first-order valence-electron chi connectivity index (χ1n) is 4.82. The number of Topliss-reactive ketones (excluding diaryl/α,β-unsaturated/α-hetero) is 1. The van der Waals surface area contributed by atoms with Crippen molar-refractivity contribution in [3.8, 4) is 0 Å². The van der Waals surface area contributed by atoms with Crippen molar-refractivity contribution in [2.75, 3.05) is 0 Å². The van der Waals surface area contributed by atoms with E-state index in [-0.39, 0.29) is 17.3 Å². The summed E-state index contributed by atoms with van der Waals surface area (Å²) in [7, 11) is 0. The van der Waals surface area contributed by atoms with Crippen molar-refractivity contribution in [3.05, 3.63) is 34.9 Å². The molecule has 0 fully saturated rings. The van der Waals surface area contributed by atoms with E-state index >= 15 is 0 Å². The van der Waals surface area contributed by atoms with Gasteiger partial charge in [-0.3, -0.25) is 4.79 Å². The number of hydrogen-bond acceptors (Lipinski definition) is 2. The van der Waals surface area contributed by atoms with Crippen LogP contribution in [0.2, 0.25) is 0 Å². The molecule has 0 aromatic heterocycles. The van der Waals surface area contributed by atoms with E-state index < -0.39 is 5.97 Å². The second-order valence-electron chi connectivity index (χ2n) is 3.78. The van der Waals surface area contributed by atoms with E-state index in [0.717, 1.165) is 0 Å². The third-order valence-corrected chi connectivity index (χ3v) is 2.29. The summed E-state index contributed by atoms with van der Waals surface area (Å²) in [6, 6.07) is 4.81. The van der Waals surface area contributed by atoms with Gasteiger partial charge in [0.05, 0.1) is 5.56 Å². The lowest BCUT2D eigenvalue weighted by atomic mass is 9.90. The summed E-state index contributed by atoms with van der Waals surface area (Å²) >= 11 is 0. The van der Waals surface area contributed by atoms with Crippen molar-refractivity contribution in [2.45, 2.75) is 26.7 Å². The zero-order valence-electron chi connectivity index (χ0n) is 9.07. The molecule has 0 unspecified atom stereocenters. The van der Waals surface area contributed by atoms with Gasteiger partial charge in [0.15, 0.2) is 5.78 Å². The van der Waals surface area contributed by atoms with Crippen LogP contribution in [0.15, 0.2) is 18.2 Å². The highest BCUT2D eigenvalue weighted by Crippen LogP contribution is 2.24. The molecular weight excluding hydrogens is 192 g/mol. The van der Waals surface area contributed by atoms with Gasteiger partial charge < -0.3 is 5.11 Å². The van der Waals surface area contributed by atoms with Crippen LogP contribution in [0.4, 0.5) is 0 Å². The van der Waals surface area contributed by atoms with Crippen LogP contribution in [0, 0.1) is 0 Å². The summed E-state index contributed by atoms with van der Waals surface area (Å²) in [6.07, 6.45) is 0. The third-order valence-electron chi connectivity index (χ3n) is 2.29. The number of carbonyl (C=O) groups is 2. The molecule has 0 saturated heterocycles. The Kier molecular flexibility index (Phi) is 3.24. The number of rotatable bonds is 3. The van der Waals surface area contributed by atoms with Gasteiger partial charge in [0.2, 0.25) is 0 Å². The minimum Gasteiger partial charge on any atom is -0.478 e. The van der Waals surface area contributed by atoms with Crippen molar-refractivity contribution in [1.82, 2.24) is 0 Å². The van der Waals surface area contributed by atoms with Crippen LogP contribution < -0.4 is 0 Å². The Labute approximate surface area is 88.7 Å². The van der Waals surface area contributed by atoms with Crippen LogP contribution in [0.3, 0.4) is 0 Å². The maximum absolute atomic E-state index is 11.4. The summed E-state index contributed by atoms with van der Waals surface area (Å²) in [6.45, 7) is 5.22. The topological polar surface area (TPSA) is 54.4 Å². The second-order valence-corrected chi connectivity index (χ2v) is 3.78. The fourth-order valence-corrected chi connectivity index (χ4v) is 1.68. The van der Waals surface area contributed by atoms with Crippen LogP contribution in [-0.2, 0) is 0 Å². The van der Waals surface area contributed by atoms with E-state index in [9.17, 15) is 9.59 Å². The number of carboxylic acid groups (broad SMARTS) is 1. The molecular formula is C12H14O3. The Morgan fingerprint density at radius 1 is 1.20 bits per heavy atom. The monoisotopic (exact) mass is 206 g/mol. The third kappa shape index (κ3) is 2.24. The fraction of sp³-hybridized carbons (Fsp3) is 0.333. The van der Waals surface area contributed by atoms with Crippen molar-refractivity contribution < 1.29 is 14.7 Å². The van der Waals surface area contributed by atoms with Crippen molar-refractivity contribution in [2.24, 2.45) is 0 Å². The summed E-state index contributed by atoms with van der Waals surface area (Å²) in [5.74, 6) is -1.06. The molecule has 3 heteroatoms. The lowest BCUT2D eigenvalue weighted by Crippen LogP contribution is -2.09. The SMILES string of the molecule is CC(=O)c1cccc(C(=O)O)c1C(C)C. The van der Waals surface area contributed by atoms with Gasteiger partial charge in [-0.2, -0.15) is 0 Å². The van der Waals surface area contributed by atoms with Crippen LogP contribution >= 0.6 is 0 Å². The summed E-state index contributed by atoms with van der Waals surface area (Å²) in [4.78, 5) is 22.3. The maximum atomic E-state index is 11.4. The predicted molar refractivity (Wildman–Crippen MR) is 57.5 cm³/mol. The van der Waals surface area contributed by atoms with Crippen molar-refractivity contribution in [1.29, 1.82) is 0 Å². The highest BCUT2D eigenvalue weighted by molar-refractivity contribution is 6.00. The lowest BCUT2D eigenvalue weighted by Gasteiger charge is -2.13. The molecule has 0 atom stereocenters. The molecule has 0 aliphatic carbocycles. The highest BCUT2D eigenvalue weighted by atomic mass is 16.4. The van der Waals surface area contributed by atoms with E-state index in [2.05, 4.69) is 0 Å². The minimum atomic E-state index is -0.984. The smallest absolute Gasteiger partial charge is 0.335 e. The number of carbonyl (C=O) groups excluding carboxylic acids is 1. The number of aromatic carboxylic acids is 1. The van der Waals surface area contributed by atoms with Crippen LogP contribution in [0.5, 0.6) is 0 Å². The number of hydrogen-bond donors (Lipinski definition) is 1. The number of benzene rings is 1. The van der Waals surface area contributed by atoms with E-state index in [1.165, 1.54) is 13.0 Å². The lowest BCUT2D eigenvalue weighted by molar-refractivity contribution is 0.0695. The summed E-state index contributed by atoms with van der Waals surface area (Å²) in [5, 5.41) is 9.01. The molecule has 0 aliphatic rings. The molecule has 0 spiro atoms. The number of ketones is 1. The molecule has 0 heterocycles. The van der Waals surface area contributed by atoms with Gasteiger partial charge in [-0.1, -0.05) is 26.0 Å². The van der Waals surface area contributed by atoms with E-state index in [1.54, 1.807) is 12.1 Å². The van der Waals surface area contributed by atoms with Gasteiger partial charge in [0, 0.05) is 5.56 Å². The van der Waals surface area contributed by atoms with Crippen molar-refractivity contribution in [3.63, 3.8) is 0 Å². The van der Waals surface area contributed by atoms with Crippen LogP contribution in [0.25, 0.3) is 0 Å². The van der Waals surface area contributed by atoms with E-state index in [0.29, 0.717) is 11.1 Å². The molecule has 1 N–H and O–H groups in total. The van der Waals surface area contributed by atoms with E-state index in [4.69, 9.17) is 5.11 Å². The average molecular weight is 206 g/mol. The zero-order valence-corrected chi connectivity index (χ0v) is 9.07. The Morgan fingerprint density at radius 2 is 1.73 bits per heavy atom. The van der Waals surface area contributed by atoms with Gasteiger partial charge in [-0.15, -0.1) is 0 Å². The highest BCUT2D eigenvalue weighted by Gasteiger charge is 2.18. The Hall–Kier alpha value is -1.64. The van der Waals surface area contributed by atoms with Gasteiger partial charge in [0.25, 0.3) is 0 Å². The molecule has 0 saturated carbocycles. The molecule has 1 aromatic carbocycles. The predicted octanol–water partition coefficient (Wildman–Crippen LogP) is 2.71. The minimum absolute atomic E-state index is 0.0243. The molecule has 15 heavy (non-hydrogen) atoms. The quantitative estimate of drug-likeness (QED) is 0.773. The molecule has 3 nitrogen and oxygen atoms in total. The number of carboxylic acids is 1. The Morgan fingerprint density at radius 3 is 2.13 bits per heavy atom. The van der Waals surface area contributed by atoms with Crippen LogP contribution in [0.1, 0.15) is 53.0 Å². The van der Waals surface area contributed by atoms with E-state index in [1.807, 2.05) is 13.8 Å². The molecule has 0 radical (unpaired) electrons. The fourth-order valence-electron chi connectivity index (χ4n) is 1.68. The summed E-state index contributed by atoms with van der Waals surface area (Å²) < 4.78 is 0. The zero-order chi connectivity index (χ0) is 11.6. The second kappa shape index (κ2) is 4.26. The van der Waals surface area contributed by atoms with Gasteiger partial charge in [0.1, 0.15) is 0 Å². The molecule has 1 aromatic rings. The normalized spacial score (nSPS) is 10.4. The standard InChI is InChI=1S/C12H14O3/c1-7(2)11-9(8(3)13)5-4-6-10(11)12(14)15/h4-7H,1-3H3,(H,14,15). The first kappa shape index (κ1) is 11.4. The average Bonchev–Trinajstić information content (AvgIpc) is 2.16. The molecule has 0 bridgehead atoms. The van der Waals surface area contributed by atoms with Gasteiger partial charge in [-0.05, 0) is 24.5 Å². The largest absolute Gasteiger partial charge is 0.478 e.